The number of thiazole rings is 1. The van der Waals surface area contributed by atoms with Gasteiger partial charge in [0.2, 0.25) is 5.91 Å². The van der Waals surface area contributed by atoms with E-state index in [0.29, 0.717) is 11.3 Å². The van der Waals surface area contributed by atoms with E-state index in [9.17, 15) is 18.4 Å². The third-order valence-corrected chi connectivity index (χ3v) is 5.20. The van der Waals surface area contributed by atoms with Crippen molar-refractivity contribution in [1.82, 2.24) is 4.57 Å². The number of benzene rings is 2. The Morgan fingerprint density at radius 3 is 2.54 bits per heavy atom. The van der Waals surface area contributed by atoms with Gasteiger partial charge < -0.3 is 15.2 Å². The number of aryl methyl sites for hydroxylation is 1. The summed E-state index contributed by atoms with van der Waals surface area (Å²) >= 11 is 1.13. The molecule has 2 aromatic carbocycles. The van der Waals surface area contributed by atoms with Crippen molar-refractivity contribution in [1.29, 1.82) is 0 Å². The summed E-state index contributed by atoms with van der Waals surface area (Å²) in [6, 6.07) is 7.36. The summed E-state index contributed by atoms with van der Waals surface area (Å²) in [5.74, 6) is -1.82. The van der Waals surface area contributed by atoms with E-state index in [-0.39, 0.29) is 11.3 Å². The van der Waals surface area contributed by atoms with Gasteiger partial charge in [-0.25, -0.2) is 8.78 Å². The predicted octanol–water partition coefficient (Wildman–Crippen LogP) is 2.41. The van der Waals surface area contributed by atoms with E-state index in [4.69, 9.17) is 5.73 Å². The van der Waals surface area contributed by atoms with Crippen LogP contribution in [0.15, 0.2) is 41.2 Å². The van der Waals surface area contributed by atoms with Crippen LogP contribution in [0.2, 0.25) is 0 Å². The van der Waals surface area contributed by atoms with Crippen LogP contribution < -0.4 is 15.5 Å². The number of nitrogens with two attached hydrogens (primary N) is 1. The lowest BCUT2D eigenvalue weighted by atomic mass is 10.0. The molecule has 2 N–H and O–H groups in total. The number of hydrogen-bond acceptors (Lipinski definition) is 4. The van der Waals surface area contributed by atoms with Crippen LogP contribution in [-0.4, -0.2) is 23.6 Å². The molecular formula is C18H17F2N3O2S. The number of aromatic nitrogens is 1. The molecule has 0 aliphatic heterocycles. The number of fused-ring (bicyclic) bond motifs is 1. The summed E-state index contributed by atoms with van der Waals surface area (Å²) in [6.45, 7) is 0. The highest BCUT2D eigenvalue weighted by Gasteiger charge is 2.21. The van der Waals surface area contributed by atoms with Crippen molar-refractivity contribution in [3.63, 3.8) is 0 Å². The molecule has 136 valence electrons. The van der Waals surface area contributed by atoms with E-state index in [2.05, 4.69) is 0 Å². The van der Waals surface area contributed by atoms with Crippen molar-refractivity contribution in [3.8, 4) is 0 Å². The number of nitrogens with zero attached hydrogens (tertiary/aromatic N) is 2. The second kappa shape index (κ2) is 6.97. The van der Waals surface area contributed by atoms with Gasteiger partial charge in [0.05, 0.1) is 16.3 Å². The van der Waals surface area contributed by atoms with Crippen LogP contribution in [0.1, 0.15) is 5.56 Å². The van der Waals surface area contributed by atoms with Crippen molar-refractivity contribution < 1.29 is 13.6 Å². The van der Waals surface area contributed by atoms with Crippen molar-refractivity contribution in [2.75, 3.05) is 11.9 Å². The predicted molar refractivity (Wildman–Crippen MR) is 98.5 cm³/mol. The van der Waals surface area contributed by atoms with Crippen LogP contribution in [0.5, 0.6) is 0 Å². The van der Waals surface area contributed by atoms with E-state index >= 15 is 0 Å². The Hall–Kier alpha value is -2.58. The molecule has 1 aromatic heterocycles. The van der Waals surface area contributed by atoms with E-state index in [1.165, 1.54) is 9.47 Å². The molecule has 0 saturated carbocycles. The fourth-order valence-electron chi connectivity index (χ4n) is 2.77. The zero-order valence-corrected chi connectivity index (χ0v) is 15.0. The number of rotatable bonds is 4. The molecule has 0 fully saturated rings. The second-order valence-corrected chi connectivity index (χ2v) is 7.06. The van der Waals surface area contributed by atoms with Gasteiger partial charge in [-0.2, -0.15) is 0 Å². The lowest BCUT2D eigenvalue weighted by Gasteiger charge is -2.22. The van der Waals surface area contributed by atoms with E-state index < -0.39 is 23.6 Å². The fourth-order valence-corrected chi connectivity index (χ4v) is 3.63. The normalized spacial score (nSPS) is 12.3. The molecule has 3 aromatic rings. The number of halogens is 2. The maximum Gasteiger partial charge on any atom is 0.307 e. The van der Waals surface area contributed by atoms with E-state index in [0.717, 1.165) is 39.8 Å². The molecule has 0 aliphatic carbocycles. The summed E-state index contributed by atoms with van der Waals surface area (Å²) < 4.78 is 28.9. The monoisotopic (exact) mass is 377 g/mol. The molecule has 3 rings (SSSR count). The molecule has 0 bridgehead atoms. The number of likely N-dealkylation sites (N-methyl/N-ethyl adjacent to an activating group) is 1. The van der Waals surface area contributed by atoms with Gasteiger partial charge >= 0.3 is 4.87 Å². The minimum atomic E-state index is -0.955. The van der Waals surface area contributed by atoms with Crippen LogP contribution in [0.25, 0.3) is 10.2 Å². The quantitative estimate of drug-likeness (QED) is 0.759. The molecule has 0 aliphatic rings. The third-order valence-electron chi connectivity index (χ3n) is 4.19. The molecule has 0 unspecified atom stereocenters. The summed E-state index contributed by atoms with van der Waals surface area (Å²) in [7, 11) is 3.23. The molecule has 1 amide bonds. The highest BCUT2D eigenvalue weighted by atomic mass is 32.1. The molecule has 5 nitrogen and oxygen atoms in total. The Morgan fingerprint density at radius 1 is 1.23 bits per heavy atom. The Balaban J connectivity index is 1.82. The molecular weight excluding hydrogens is 360 g/mol. The summed E-state index contributed by atoms with van der Waals surface area (Å²) in [6.07, 6.45) is 0.0109. The van der Waals surface area contributed by atoms with Gasteiger partial charge in [0.1, 0.15) is 11.6 Å². The first-order valence-corrected chi connectivity index (χ1v) is 8.65. The van der Waals surface area contributed by atoms with Gasteiger partial charge in [-0.15, -0.1) is 0 Å². The third kappa shape index (κ3) is 3.51. The Labute approximate surface area is 152 Å². The Morgan fingerprint density at radius 2 is 1.88 bits per heavy atom. The highest BCUT2D eigenvalue weighted by Crippen LogP contribution is 2.23. The van der Waals surface area contributed by atoms with Crippen molar-refractivity contribution >= 4 is 33.1 Å². The number of anilines is 1. The average molecular weight is 377 g/mol. The van der Waals surface area contributed by atoms with E-state index in [1.54, 1.807) is 32.3 Å². The summed E-state index contributed by atoms with van der Waals surface area (Å²) in [5, 5.41) is 0. The first kappa shape index (κ1) is 18.2. The molecule has 26 heavy (non-hydrogen) atoms. The van der Waals surface area contributed by atoms with Crippen molar-refractivity contribution in [3.05, 3.63) is 63.3 Å². The summed E-state index contributed by atoms with van der Waals surface area (Å²) in [5.41, 5.74) is 7.56. The maximum absolute atomic E-state index is 13.3. The first-order valence-electron chi connectivity index (χ1n) is 7.84. The number of hydrogen-bond donors (Lipinski definition) is 1. The van der Waals surface area contributed by atoms with Crippen LogP contribution in [0, 0.1) is 11.6 Å². The van der Waals surface area contributed by atoms with Crippen LogP contribution >= 0.6 is 11.3 Å². The number of amides is 1. The zero-order valence-electron chi connectivity index (χ0n) is 14.2. The van der Waals surface area contributed by atoms with Gasteiger partial charge in [0.15, 0.2) is 0 Å². The lowest BCUT2D eigenvalue weighted by molar-refractivity contribution is -0.119. The van der Waals surface area contributed by atoms with Gasteiger partial charge in [-0.1, -0.05) is 11.3 Å². The van der Waals surface area contributed by atoms with Crippen LogP contribution in [0.4, 0.5) is 14.5 Å². The number of carbonyl (C=O) groups is 1. The molecule has 0 spiro atoms. The van der Waals surface area contributed by atoms with Crippen molar-refractivity contribution in [2.24, 2.45) is 12.8 Å². The average Bonchev–Trinajstić information content (AvgIpc) is 2.86. The van der Waals surface area contributed by atoms with Gasteiger partial charge in [-0.05, 0) is 42.3 Å². The Bertz CT molecular complexity index is 1020. The smallest absolute Gasteiger partial charge is 0.307 e. The zero-order chi connectivity index (χ0) is 19.0. The first-order chi connectivity index (χ1) is 12.3. The minimum Gasteiger partial charge on any atom is -0.320 e. The molecule has 1 atom stereocenters. The van der Waals surface area contributed by atoms with Crippen LogP contribution in [-0.2, 0) is 18.3 Å². The molecule has 0 radical (unpaired) electrons. The van der Waals surface area contributed by atoms with E-state index in [1.807, 2.05) is 0 Å². The highest BCUT2D eigenvalue weighted by molar-refractivity contribution is 7.16. The summed E-state index contributed by atoms with van der Waals surface area (Å²) in [4.78, 5) is 25.6. The molecule has 8 heteroatoms. The SMILES string of the molecule is CN(C(=O)[C@@H](N)Cc1cc(F)cc(F)c1)c1ccc2sc(=O)n(C)c2c1. The van der Waals surface area contributed by atoms with Gasteiger partial charge in [-0.3, -0.25) is 9.59 Å². The minimum absolute atomic E-state index is 0.0109. The standard InChI is InChI=1S/C18H17F2N3O2S/c1-22(13-3-4-16-15(9-13)23(2)18(25)26-16)17(24)14(21)7-10-5-11(19)8-12(20)6-10/h3-6,8-9,14H,7,21H2,1-2H3/t14-/m0/s1. The van der Waals surface area contributed by atoms with Crippen molar-refractivity contribution in [2.45, 2.75) is 12.5 Å². The fraction of sp³-hybridized carbons (Fsp3) is 0.222. The Kier molecular flexibility index (Phi) is 4.88. The topological polar surface area (TPSA) is 68.3 Å². The lowest BCUT2D eigenvalue weighted by Crippen LogP contribution is -2.43. The number of carbonyl (C=O) groups excluding carboxylic acids is 1. The van der Waals surface area contributed by atoms with Crippen LogP contribution in [0.3, 0.4) is 0 Å². The molecule has 1 heterocycles. The largest absolute Gasteiger partial charge is 0.320 e. The second-order valence-electron chi connectivity index (χ2n) is 6.06. The van der Waals surface area contributed by atoms with Gasteiger partial charge in [0.25, 0.3) is 0 Å². The molecule has 0 saturated heterocycles. The maximum atomic E-state index is 13.3. The van der Waals surface area contributed by atoms with Gasteiger partial charge in [0, 0.05) is 25.8 Å².